The molecule has 1 aliphatic rings. The number of nitrogens with zero attached hydrogens (tertiary/aromatic N) is 2. The minimum atomic E-state index is -4.70. The van der Waals surface area contributed by atoms with Crippen LogP contribution in [0.3, 0.4) is 0 Å². The number of carbonyl (C=O) groups excluding carboxylic acids is 1. The maximum absolute atomic E-state index is 14.5. The lowest BCUT2D eigenvalue weighted by molar-refractivity contribution is -0.115. The van der Waals surface area contributed by atoms with Gasteiger partial charge in [-0.15, -0.1) is 0 Å². The lowest BCUT2D eigenvalue weighted by Gasteiger charge is -2.49. The maximum Gasteiger partial charge on any atom is 0.381 e. The van der Waals surface area contributed by atoms with Crippen molar-refractivity contribution in [2.75, 3.05) is 27.3 Å². The first kappa shape index (κ1) is 29.5. The maximum atomic E-state index is 14.5. The van der Waals surface area contributed by atoms with Crippen molar-refractivity contribution in [3.8, 4) is 0 Å². The first-order chi connectivity index (χ1) is 19.2. The molecule has 1 aliphatic heterocycles. The zero-order valence-corrected chi connectivity index (χ0v) is 23.5. The van der Waals surface area contributed by atoms with Crippen molar-refractivity contribution in [1.29, 1.82) is 0 Å². The number of methoxy groups -OCH3 is 1. The summed E-state index contributed by atoms with van der Waals surface area (Å²) in [7, 11) is -2.11. The molecule has 0 saturated carbocycles. The molecule has 2 atom stereocenters. The van der Waals surface area contributed by atoms with Crippen LogP contribution in [0.4, 0.5) is 4.79 Å². The van der Waals surface area contributed by atoms with Gasteiger partial charge in [0.2, 0.25) is 0 Å². The summed E-state index contributed by atoms with van der Waals surface area (Å²) >= 11 is 0. The lowest BCUT2D eigenvalue weighted by atomic mass is 9.75. The number of rotatable bonds is 12. The van der Waals surface area contributed by atoms with Crippen LogP contribution in [0.1, 0.15) is 23.6 Å². The van der Waals surface area contributed by atoms with E-state index in [1.54, 1.807) is 11.8 Å². The van der Waals surface area contributed by atoms with E-state index in [-0.39, 0.29) is 19.1 Å². The van der Waals surface area contributed by atoms with Crippen LogP contribution < -0.4 is 5.48 Å². The summed E-state index contributed by atoms with van der Waals surface area (Å²) in [6.07, 6.45) is 1.01. The van der Waals surface area contributed by atoms with Gasteiger partial charge in [0.15, 0.2) is 0 Å². The molecule has 0 saturated heterocycles. The van der Waals surface area contributed by atoms with Crippen molar-refractivity contribution in [2.45, 2.75) is 24.6 Å². The summed E-state index contributed by atoms with van der Waals surface area (Å²) < 4.78 is 22.2. The summed E-state index contributed by atoms with van der Waals surface area (Å²) in [6.45, 7) is 1.79. The van der Waals surface area contributed by atoms with Gasteiger partial charge in [-0.25, -0.2) is 4.79 Å². The van der Waals surface area contributed by atoms with Gasteiger partial charge in [-0.1, -0.05) is 91.0 Å². The van der Waals surface area contributed by atoms with E-state index in [2.05, 4.69) is 5.48 Å². The second-order valence-corrected chi connectivity index (χ2v) is 10.9. The number of carbonyl (C=O) groups is 1. The fraction of sp³-hybridized carbons (Fsp3) is 0.276. The zero-order valence-electron chi connectivity index (χ0n) is 22.6. The summed E-state index contributed by atoms with van der Waals surface area (Å²) in [5.41, 5.74) is 4.42. The molecule has 0 aliphatic carbocycles. The second-order valence-electron chi connectivity index (χ2n) is 9.29. The van der Waals surface area contributed by atoms with Crippen molar-refractivity contribution >= 4 is 13.6 Å². The van der Waals surface area contributed by atoms with E-state index in [0.717, 1.165) is 23.8 Å². The Hall–Kier alpha value is -3.50. The van der Waals surface area contributed by atoms with Gasteiger partial charge in [0.25, 0.3) is 6.03 Å². The first-order valence-corrected chi connectivity index (χ1v) is 14.4. The Morgan fingerprint density at radius 2 is 1.38 bits per heavy atom. The molecule has 11 heteroatoms. The van der Waals surface area contributed by atoms with Gasteiger partial charge in [-0.05, 0) is 29.7 Å². The van der Waals surface area contributed by atoms with Crippen molar-refractivity contribution in [2.24, 2.45) is 0 Å². The van der Waals surface area contributed by atoms with Crippen LogP contribution in [0.2, 0.25) is 0 Å². The molecule has 0 spiro atoms. The highest BCUT2D eigenvalue weighted by Gasteiger charge is 2.47. The van der Waals surface area contributed by atoms with Gasteiger partial charge in [0, 0.05) is 13.7 Å². The van der Waals surface area contributed by atoms with Crippen LogP contribution in [-0.2, 0) is 24.4 Å². The third kappa shape index (κ3) is 5.97. The highest BCUT2D eigenvalue weighted by Crippen LogP contribution is 2.45. The van der Waals surface area contributed by atoms with Crippen molar-refractivity contribution < 1.29 is 33.5 Å². The molecular weight excluding hydrogens is 533 g/mol. The summed E-state index contributed by atoms with van der Waals surface area (Å²) in [5, 5.41) is 0. The molecule has 212 valence electrons. The number of hydroxylamine groups is 1. The van der Waals surface area contributed by atoms with Gasteiger partial charge >= 0.3 is 13.6 Å². The summed E-state index contributed by atoms with van der Waals surface area (Å²) in [4.78, 5) is 42.1. The molecular formula is C29H34N3O7P. The third-order valence-corrected chi connectivity index (χ3v) is 7.55. The van der Waals surface area contributed by atoms with Crippen LogP contribution >= 0.6 is 7.60 Å². The highest BCUT2D eigenvalue weighted by molar-refractivity contribution is 7.52. The largest absolute Gasteiger partial charge is 0.381 e. The van der Waals surface area contributed by atoms with E-state index >= 15 is 0 Å². The van der Waals surface area contributed by atoms with E-state index in [4.69, 9.17) is 14.3 Å². The number of benzene rings is 3. The Balaban J connectivity index is 1.84. The van der Waals surface area contributed by atoms with Crippen molar-refractivity contribution in [3.05, 3.63) is 120 Å². The minimum Gasteiger partial charge on any atom is -0.346 e. The Morgan fingerprint density at radius 3 is 1.77 bits per heavy atom. The third-order valence-electron chi connectivity index (χ3n) is 6.67. The molecule has 3 aromatic rings. The van der Waals surface area contributed by atoms with Crippen molar-refractivity contribution in [1.82, 2.24) is 15.3 Å². The average Bonchev–Trinajstić information content (AvgIpc) is 2.96. The molecule has 10 nitrogen and oxygen atoms in total. The molecule has 2 amide bonds. The normalized spacial score (nSPS) is 15.9. The molecule has 3 aromatic carbocycles. The number of nitrogens with one attached hydrogen (secondary N) is 1. The van der Waals surface area contributed by atoms with Gasteiger partial charge < -0.3 is 24.2 Å². The minimum absolute atomic E-state index is 0.0498. The van der Waals surface area contributed by atoms with Gasteiger partial charge in [0.1, 0.15) is 11.4 Å². The van der Waals surface area contributed by atoms with E-state index in [1.165, 1.54) is 12.0 Å². The molecule has 1 unspecified atom stereocenters. The van der Waals surface area contributed by atoms with Gasteiger partial charge in [0.05, 0.1) is 19.8 Å². The molecule has 4 rings (SSSR count). The predicted octanol–water partition coefficient (Wildman–Crippen LogP) is 4.22. The van der Waals surface area contributed by atoms with Gasteiger partial charge in [-0.3, -0.25) is 19.8 Å². The average molecular weight is 568 g/mol. The number of ether oxygens (including phenoxy) is 2. The molecule has 1 heterocycles. The highest BCUT2D eigenvalue weighted by atomic mass is 31.2. The number of amides is 2. The SMILES string of the molecule is CONC1=CCN(C(c2ccccc2)(c2ccccc2)c2ccccc2)C(=O)N1CC(C)O[C@H](OC)P(=O)(O)O. The van der Waals surface area contributed by atoms with Crippen LogP contribution in [0.25, 0.3) is 0 Å². The Morgan fingerprint density at radius 1 is 0.900 bits per heavy atom. The number of hydrogen-bond acceptors (Lipinski definition) is 6. The van der Waals surface area contributed by atoms with E-state index in [9.17, 15) is 19.1 Å². The Labute approximate surface area is 233 Å². The number of hydrogen-bond donors (Lipinski definition) is 3. The van der Waals surface area contributed by atoms with Crippen LogP contribution in [0, 0.1) is 0 Å². The Kier molecular flexibility index (Phi) is 9.42. The lowest BCUT2D eigenvalue weighted by Crippen LogP contribution is -2.59. The summed E-state index contributed by atoms with van der Waals surface area (Å²) in [5.74, 6) is 0.382. The standard InChI is InChI=1S/C29H34N3O7P/c1-22(39-28(37-2)40(34,35)36)21-31-26(30-38-3)19-20-32(27(31)33)29(23-13-7-4-8-14-23,24-15-9-5-10-16-24)25-17-11-6-12-18-25/h4-19,22,28,30H,20-21H2,1-3H3,(H2,34,35,36)/t22?,28-/m0/s1. The second kappa shape index (κ2) is 12.8. The topological polar surface area (TPSA) is 121 Å². The fourth-order valence-electron chi connectivity index (χ4n) is 5.05. The number of urea groups is 1. The quantitative estimate of drug-likeness (QED) is 0.129. The van der Waals surface area contributed by atoms with Crippen LogP contribution in [0.15, 0.2) is 103 Å². The monoisotopic (exact) mass is 567 g/mol. The van der Waals surface area contributed by atoms with E-state index in [1.807, 2.05) is 97.1 Å². The predicted molar refractivity (Wildman–Crippen MR) is 150 cm³/mol. The molecule has 0 radical (unpaired) electrons. The molecule has 0 bridgehead atoms. The van der Waals surface area contributed by atoms with E-state index < -0.39 is 25.3 Å². The van der Waals surface area contributed by atoms with Gasteiger partial charge in [-0.2, -0.15) is 0 Å². The molecule has 3 N–H and O–H groups in total. The molecule has 0 fully saturated rings. The van der Waals surface area contributed by atoms with Crippen LogP contribution in [0.5, 0.6) is 0 Å². The smallest absolute Gasteiger partial charge is 0.346 e. The molecule has 0 aromatic heterocycles. The Bertz CT molecular complexity index is 1240. The first-order valence-electron chi connectivity index (χ1n) is 12.7. The van der Waals surface area contributed by atoms with Crippen LogP contribution in [-0.4, -0.2) is 65.1 Å². The summed E-state index contributed by atoms with van der Waals surface area (Å²) in [6, 6.07) is 27.3. The zero-order chi connectivity index (χ0) is 28.8. The van der Waals surface area contributed by atoms with E-state index in [0.29, 0.717) is 5.82 Å². The molecule has 40 heavy (non-hydrogen) atoms. The van der Waals surface area contributed by atoms with Crippen molar-refractivity contribution in [3.63, 3.8) is 0 Å². The fourth-order valence-corrected chi connectivity index (χ4v) is 5.69.